The van der Waals surface area contributed by atoms with Gasteiger partial charge in [-0.25, -0.2) is 13.2 Å². The first-order valence-corrected chi connectivity index (χ1v) is 13.7. The minimum Gasteiger partial charge on any atom is -0.465 e. The lowest BCUT2D eigenvalue weighted by Crippen LogP contribution is -2.32. The van der Waals surface area contributed by atoms with Crippen LogP contribution in [-0.2, 0) is 27.8 Å². The van der Waals surface area contributed by atoms with Gasteiger partial charge >= 0.3 is 5.97 Å². The molecule has 4 rings (SSSR count). The fraction of sp³-hybridized carbons (Fsp3) is 0.296. The normalized spacial score (nSPS) is 11.7. The number of carbonyl (C=O) groups excluding carboxylic acids is 1. The van der Waals surface area contributed by atoms with Gasteiger partial charge in [-0.2, -0.15) is 0 Å². The number of sulfonamides is 1. The Kier molecular flexibility index (Phi) is 7.96. The van der Waals surface area contributed by atoms with E-state index in [2.05, 4.69) is 5.32 Å². The Labute approximate surface area is 221 Å². The van der Waals surface area contributed by atoms with Crippen molar-refractivity contribution in [2.45, 2.75) is 45.7 Å². The van der Waals surface area contributed by atoms with E-state index in [1.165, 1.54) is 16.4 Å². The largest absolute Gasteiger partial charge is 0.465 e. The van der Waals surface area contributed by atoms with E-state index in [-0.39, 0.29) is 23.8 Å². The van der Waals surface area contributed by atoms with Gasteiger partial charge in [0.1, 0.15) is 17.1 Å². The van der Waals surface area contributed by atoms with Crippen LogP contribution in [0.1, 0.15) is 47.0 Å². The third-order valence-corrected chi connectivity index (χ3v) is 8.08. The minimum atomic E-state index is -3.96. The summed E-state index contributed by atoms with van der Waals surface area (Å²) in [5, 5.41) is 4.33. The van der Waals surface area contributed by atoms with Gasteiger partial charge in [0.05, 0.1) is 23.7 Å². The minimum absolute atomic E-state index is 0.0663. The molecule has 37 heavy (non-hydrogen) atoms. The number of nitrogens with one attached hydrogen (secondary N) is 1. The maximum Gasteiger partial charge on any atom is 0.374 e. The molecule has 2 heterocycles. The Bertz CT molecular complexity index is 1540. The SMILES string of the molecule is CCOC(=O)c1oc2ccc(S(=O)(=O)N(CC)c3ccc(Cl)cc3CNCc3ccc(C)o3)cc2c1C. The topological polar surface area (TPSA) is 102 Å². The van der Waals surface area contributed by atoms with Gasteiger partial charge in [-0.05, 0) is 81.8 Å². The molecule has 0 fully saturated rings. The molecule has 196 valence electrons. The Hall–Kier alpha value is -3.27. The number of fused-ring (bicyclic) bond motifs is 1. The molecule has 0 radical (unpaired) electrons. The number of nitrogens with zero attached hydrogens (tertiary/aromatic N) is 1. The number of anilines is 1. The summed E-state index contributed by atoms with van der Waals surface area (Å²) in [5.41, 5.74) is 2.18. The molecule has 0 aliphatic heterocycles. The van der Waals surface area contributed by atoms with Crippen LogP contribution >= 0.6 is 11.6 Å². The number of esters is 1. The van der Waals surface area contributed by atoms with Gasteiger partial charge in [-0.15, -0.1) is 0 Å². The van der Waals surface area contributed by atoms with Gasteiger partial charge in [0.15, 0.2) is 0 Å². The molecule has 0 atom stereocenters. The fourth-order valence-corrected chi connectivity index (χ4v) is 5.92. The summed E-state index contributed by atoms with van der Waals surface area (Å²) in [5.74, 6) is 1.09. The molecular weight excluding hydrogens is 516 g/mol. The number of benzene rings is 2. The van der Waals surface area contributed by atoms with E-state index in [1.54, 1.807) is 45.0 Å². The second kappa shape index (κ2) is 11.0. The summed E-state index contributed by atoms with van der Waals surface area (Å²) in [6.45, 7) is 8.33. The Morgan fingerprint density at radius 1 is 1.03 bits per heavy atom. The third-order valence-electron chi connectivity index (χ3n) is 5.96. The number of furan rings is 2. The highest BCUT2D eigenvalue weighted by Crippen LogP contribution is 2.33. The summed E-state index contributed by atoms with van der Waals surface area (Å²) in [6.07, 6.45) is 0. The first-order chi connectivity index (χ1) is 17.6. The Morgan fingerprint density at radius 2 is 1.81 bits per heavy atom. The van der Waals surface area contributed by atoms with Crippen LogP contribution < -0.4 is 9.62 Å². The van der Waals surface area contributed by atoms with E-state index in [0.29, 0.717) is 40.3 Å². The van der Waals surface area contributed by atoms with Crippen LogP contribution in [0.2, 0.25) is 5.02 Å². The molecule has 0 spiro atoms. The molecule has 0 unspecified atom stereocenters. The molecule has 8 nitrogen and oxygen atoms in total. The van der Waals surface area contributed by atoms with Gasteiger partial charge in [0.2, 0.25) is 5.76 Å². The average molecular weight is 545 g/mol. The number of carbonyl (C=O) groups is 1. The van der Waals surface area contributed by atoms with Crippen molar-refractivity contribution in [3.05, 3.63) is 82.0 Å². The second-order valence-electron chi connectivity index (χ2n) is 8.49. The van der Waals surface area contributed by atoms with Crippen LogP contribution in [0.5, 0.6) is 0 Å². The number of hydrogen-bond acceptors (Lipinski definition) is 7. The predicted octanol–water partition coefficient (Wildman–Crippen LogP) is 5.98. The van der Waals surface area contributed by atoms with E-state index < -0.39 is 16.0 Å². The smallest absolute Gasteiger partial charge is 0.374 e. The van der Waals surface area contributed by atoms with Gasteiger partial charge in [-0.3, -0.25) is 4.31 Å². The van der Waals surface area contributed by atoms with Gasteiger partial charge < -0.3 is 18.9 Å². The Morgan fingerprint density at radius 3 is 2.49 bits per heavy atom. The maximum absolute atomic E-state index is 13.8. The van der Waals surface area contributed by atoms with Crippen LogP contribution in [0, 0.1) is 13.8 Å². The molecule has 0 aliphatic carbocycles. The molecule has 2 aromatic carbocycles. The first-order valence-electron chi connectivity index (χ1n) is 11.9. The zero-order chi connectivity index (χ0) is 26.7. The van der Waals surface area contributed by atoms with Gasteiger partial charge in [-0.1, -0.05) is 11.6 Å². The predicted molar refractivity (Wildman–Crippen MR) is 143 cm³/mol. The molecular formula is C27H29ClN2O6S. The summed E-state index contributed by atoms with van der Waals surface area (Å²) in [7, 11) is -3.96. The summed E-state index contributed by atoms with van der Waals surface area (Å²) in [4.78, 5) is 12.3. The standard InChI is InChI=1S/C27H29ClN2O6S/c1-5-30(24-11-8-20(28)13-19(24)15-29-16-21-9-7-17(3)35-21)37(32,33)22-10-12-25-23(14-22)18(4)26(36-25)27(31)34-6-2/h7-14,29H,5-6,15-16H2,1-4H3. The quantitative estimate of drug-likeness (QED) is 0.245. The van der Waals surface area contributed by atoms with Crippen LogP contribution in [0.4, 0.5) is 5.69 Å². The van der Waals surface area contributed by atoms with Crippen molar-refractivity contribution in [3.63, 3.8) is 0 Å². The number of rotatable bonds is 10. The van der Waals surface area contributed by atoms with Gasteiger partial charge in [0, 0.05) is 29.1 Å². The lowest BCUT2D eigenvalue weighted by molar-refractivity contribution is 0.0491. The van der Waals surface area contributed by atoms with Crippen LogP contribution in [0.15, 0.2) is 62.3 Å². The second-order valence-corrected chi connectivity index (χ2v) is 10.8. The summed E-state index contributed by atoms with van der Waals surface area (Å²) >= 11 is 6.27. The maximum atomic E-state index is 13.8. The highest BCUT2D eigenvalue weighted by Gasteiger charge is 2.27. The molecule has 4 aromatic rings. The molecule has 0 saturated heterocycles. The van der Waals surface area contributed by atoms with Crippen molar-refractivity contribution in [1.82, 2.24) is 5.32 Å². The van der Waals surface area contributed by atoms with Crippen LogP contribution in [-0.4, -0.2) is 27.5 Å². The zero-order valence-electron chi connectivity index (χ0n) is 21.1. The molecule has 0 amide bonds. The third kappa shape index (κ3) is 5.53. The molecule has 0 saturated carbocycles. The number of halogens is 1. The molecule has 1 N–H and O–H groups in total. The average Bonchev–Trinajstić information content (AvgIpc) is 3.43. The van der Waals surface area contributed by atoms with E-state index in [9.17, 15) is 13.2 Å². The van der Waals surface area contributed by atoms with E-state index in [0.717, 1.165) is 17.1 Å². The molecule has 2 aromatic heterocycles. The molecule has 10 heteroatoms. The number of aryl methyl sites for hydroxylation is 2. The van der Waals surface area contributed by atoms with Crippen molar-refractivity contribution >= 4 is 44.3 Å². The van der Waals surface area contributed by atoms with Crippen molar-refractivity contribution in [2.75, 3.05) is 17.5 Å². The van der Waals surface area contributed by atoms with E-state index in [4.69, 9.17) is 25.2 Å². The van der Waals surface area contributed by atoms with Crippen LogP contribution in [0.3, 0.4) is 0 Å². The summed E-state index contributed by atoms with van der Waals surface area (Å²) < 4.78 is 45.3. The van der Waals surface area contributed by atoms with Crippen molar-refractivity contribution in [2.24, 2.45) is 0 Å². The zero-order valence-corrected chi connectivity index (χ0v) is 22.7. The highest BCUT2D eigenvalue weighted by atomic mass is 35.5. The fourth-order valence-electron chi connectivity index (χ4n) is 4.19. The summed E-state index contributed by atoms with van der Waals surface area (Å²) in [6, 6.07) is 13.5. The Balaban J connectivity index is 1.66. The highest BCUT2D eigenvalue weighted by molar-refractivity contribution is 7.92. The van der Waals surface area contributed by atoms with Gasteiger partial charge in [0.25, 0.3) is 10.0 Å². The van der Waals surface area contributed by atoms with E-state index >= 15 is 0 Å². The number of ether oxygens (including phenoxy) is 1. The van der Waals surface area contributed by atoms with Crippen LogP contribution in [0.25, 0.3) is 11.0 Å². The van der Waals surface area contributed by atoms with Crippen molar-refractivity contribution < 1.29 is 26.8 Å². The first kappa shape index (κ1) is 26.8. The van der Waals surface area contributed by atoms with Crippen molar-refractivity contribution in [3.8, 4) is 0 Å². The van der Waals surface area contributed by atoms with Crippen molar-refractivity contribution in [1.29, 1.82) is 0 Å². The molecule has 0 aliphatic rings. The lowest BCUT2D eigenvalue weighted by atomic mass is 10.1. The lowest BCUT2D eigenvalue weighted by Gasteiger charge is -2.26. The van der Waals surface area contributed by atoms with E-state index in [1.807, 2.05) is 19.1 Å². The number of hydrogen-bond donors (Lipinski definition) is 1. The monoisotopic (exact) mass is 544 g/mol. The molecule has 0 bridgehead atoms.